The number of anilines is 1. The lowest BCUT2D eigenvalue weighted by atomic mass is 10.0. The second-order valence-electron chi connectivity index (χ2n) is 12.7. The fourth-order valence-electron chi connectivity index (χ4n) is 6.79. The number of carbonyl (C=O) groups is 2. The van der Waals surface area contributed by atoms with Crippen molar-refractivity contribution in [2.75, 3.05) is 18.0 Å². The number of aromatic carboxylic acids is 2. The smallest absolute Gasteiger partial charge is 0.341 e. The Kier molecular flexibility index (Phi) is 8.15. The number of hydrogen-bond donors (Lipinski definition) is 3. The number of nitrogens with two attached hydrogens (primary N) is 1. The molecular formula is C34H35F3N4O6. The molecule has 0 spiro atoms. The van der Waals surface area contributed by atoms with Crippen LogP contribution in [-0.4, -0.2) is 62.8 Å². The number of carboxylic acid groups (broad SMARTS) is 2. The molecule has 3 heterocycles. The van der Waals surface area contributed by atoms with Gasteiger partial charge in [0.1, 0.15) is 29.3 Å². The Morgan fingerprint density at radius 3 is 1.72 bits per heavy atom. The van der Waals surface area contributed by atoms with Crippen LogP contribution in [-0.2, 0) is 0 Å². The van der Waals surface area contributed by atoms with Crippen LogP contribution in [0.4, 0.5) is 18.9 Å². The molecule has 2 aromatic carbocycles. The average molecular weight is 653 g/mol. The van der Waals surface area contributed by atoms with Crippen LogP contribution < -0.4 is 21.5 Å². The Hall–Kier alpha value is -4.65. The van der Waals surface area contributed by atoms with Crippen molar-refractivity contribution in [3.05, 3.63) is 85.2 Å². The largest absolute Gasteiger partial charge is 0.477 e. The lowest BCUT2D eigenvalue weighted by Gasteiger charge is -2.23. The first-order chi connectivity index (χ1) is 22.2. The van der Waals surface area contributed by atoms with Crippen LogP contribution in [0.5, 0.6) is 0 Å². The number of aryl methyl sites for hydroxylation is 2. The molecule has 248 valence electrons. The molecule has 47 heavy (non-hydrogen) atoms. The Labute approximate surface area is 266 Å². The third-order valence-corrected chi connectivity index (χ3v) is 9.69. The van der Waals surface area contributed by atoms with Gasteiger partial charge in [0.05, 0.1) is 23.1 Å². The topological polar surface area (TPSA) is 148 Å². The van der Waals surface area contributed by atoms with Crippen molar-refractivity contribution in [2.24, 2.45) is 11.7 Å². The molecule has 4 aromatic rings. The molecule has 6 atom stereocenters. The highest BCUT2D eigenvalue weighted by Crippen LogP contribution is 2.43. The van der Waals surface area contributed by atoms with E-state index in [2.05, 4.69) is 11.8 Å². The lowest BCUT2D eigenvalue weighted by molar-refractivity contribution is 0.0684. The van der Waals surface area contributed by atoms with Gasteiger partial charge in [-0.2, -0.15) is 0 Å². The molecule has 1 aliphatic heterocycles. The minimum absolute atomic E-state index is 0.0975. The summed E-state index contributed by atoms with van der Waals surface area (Å²) in [5.74, 6) is -2.76. The fourth-order valence-corrected chi connectivity index (χ4v) is 6.79. The standard InChI is InChI=1S/C20H24FN3O3.C14H11F2NO3/c1-3-11-7-23(9-15(11)22)16-5-4-12-18(10(16)2)24(17-6-14(17)21)8-13(19(12)25)20(26)27;1-6-9(15)3-2-7-12(6)17(11-4-10(11)16)5-8(13(7)18)14(19)20/h4-5,8,11,14-15,17H,3,6-7,9,22H2,1-2H3,(H,26,27);2-3,5,10-11H,4H2,1H3,(H,19,20)/t11-,14-,15+,17+;10-,11+/m00/s1. The van der Waals surface area contributed by atoms with E-state index in [1.807, 2.05) is 13.0 Å². The molecule has 2 aliphatic carbocycles. The molecule has 10 nitrogen and oxygen atoms in total. The van der Waals surface area contributed by atoms with Crippen molar-refractivity contribution in [1.29, 1.82) is 0 Å². The average Bonchev–Trinajstić information content (AvgIpc) is 3.91. The molecule has 13 heteroatoms. The summed E-state index contributed by atoms with van der Waals surface area (Å²) in [5, 5.41) is 18.9. The summed E-state index contributed by atoms with van der Waals surface area (Å²) in [4.78, 5) is 49.6. The van der Waals surface area contributed by atoms with Gasteiger partial charge in [-0.15, -0.1) is 0 Å². The monoisotopic (exact) mass is 652 g/mol. The third-order valence-electron chi connectivity index (χ3n) is 9.69. The minimum atomic E-state index is -1.37. The Morgan fingerprint density at radius 1 is 0.830 bits per heavy atom. The number of carboxylic acids is 2. The number of hydrogen-bond acceptors (Lipinski definition) is 6. The highest BCUT2D eigenvalue weighted by Gasteiger charge is 2.41. The highest BCUT2D eigenvalue weighted by atomic mass is 19.1. The van der Waals surface area contributed by atoms with Crippen LogP contribution in [0.25, 0.3) is 21.8 Å². The van der Waals surface area contributed by atoms with E-state index in [9.17, 15) is 37.5 Å². The van der Waals surface area contributed by atoms with E-state index in [0.717, 1.165) is 43.0 Å². The molecule has 1 saturated heterocycles. The van der Waals surface area contributed by atoms with Gasteiger partial charge in [-0.3, -0.25) is 9.59 Å². The molecule has 4 N–H and O–H groups in total. The first-order valence-corrected chi connectivity index (χ1v) is 15.5. The predicted molar refractivity (Wildman–Crippen MR) is 171 cm³/mol. The maximum atomic E-state index is 13.8. The fraction of sp³-hybridized carbons (Fsp3) is 0.412. The number of alkyl halides is 2. The molecule has 3 aliphatic rings. The molecule has 0 amide bonds. The van der Waals surface area contributed by atoms with Crippen molar-refractivity contribution < 1.29 is 33.0 Å². The van der Waals surface area contributed by atoms with E-state index >= 15 is 0 Å². The van der Waals surface area contributed by atoms with Crippen LogP contribution in [0.2, 0.25) is 0 Å². The molecule has 2 aromatic heterocycles. The van der Waals surface area contributed by atoms with Gasteiger partial charge in [-0.1, -0.05) is 13.3 Å². The van der Waals surface area contributed by atoms with Crippen LogP contribution in [0.1, 0.15) is 70.1 Å². The number of nitrogens with zero attached hydrogens (tertiary/aromatic N) is 3. The molecule has 0 unspecified atom stereocenters. The van der Waals surface area contributed by atoms with Gasteiger partial charge < -0.3 is 30.0 Å². The molecule has 7 rings (SSSR count). The second kappa shape index (κ2) is 11.9. The predicted octanol–water partition coefficient (Wildman–Crippen LogP) is 4.89. The molecule has 0 radical (unpaired) electrons. The van der Waals surface area contributed by atoms with Crippen molar-refractivity contribution >= 4 is 39.4 Å². The van der Waals surface area contributed by atoms with E-state index < -0.39 is 58.6 Å². The molecule has 3 fully saturated rings. The molecule has 0 bridgehead atoms. The summed E-state index contributed by atoms with van der Waals surface area (Å²) < 4.78 is 43.8. The van der Waals surface area contributed by atoms with Gasteiger partial charge in [0.2, 0.25) is 10.9 Å². The van der Waals surface area contributed by atoms with Gasteiger partial charge in [0.25, 0.3) is 0 Å². The van der Waals surface area contributed by atoms with E-state index in [0.29, 0.717) is 23.2 Å². The van der Waals surface area contributed by atoms with Crippen molar-refractivity contribution in [3.63, 3.8) is 0 Å². The van der Waals surface area contributed by atoms with Crippen LogP contribution >= 0.6 is 0 Å². The van der Waals surface area contributed by atoms with Crippen molar-refractivity contribution in [3.8, 4) is 0 Å². The number of halogens is 3. The maximum absolute atomic E-state index is 13.8. The van der Waals surface area contributed by atoms with Gasteiger partial charge in [0, 0.05) is 66.4 Å². The molecule has 2 saturated carbocycles. The van der Waals surface area contributed by atoms with Crippen molar-refractivity contribution in [1.82, 2.24) is 9.13 Å². The van der Waals surface area contributed by atoms with Crippen LogP contribution in [0.15, 0.2) is 46.2 Å². The van der Waals surface area contributed by atoms with E-state index in [4.69, 9.17) is 10.8 Å². The second-order valence-corrected chi connectivity index (χ2v) is 12.7. The lowest BCUT2D eigenvalue weighted by Crippen LogP contribution is -2.29. The first-order valence-electron chi connectivity index (χ1n) is 15.5. The Balaban J connectivity index is 0.000000172. The van der Waals surface area contributed by atoms with Crippen molar-refractivity contribution in [2.45, 2.75) is 70.5 Å². The number of pyridine rings is 2. The minimum Gasteiger partial charge on any atom is -0.477 e. The Bertz CT molecular complexity index is 2080. The van der Waals surface area contributed by atoms with E-state index in [1.165, 1.54) is 23.8 Å². The normalized spacial score (nSPS) is 24.7. The number of benzene rings is 2. The summed E-state index contributed by atoms with van der Waals surface area (Å²) >= 11 is 0. The van der Waals surface area contributed by atoms with E-state index in [-0.39, 0.29) is 34.5 Å². The summed E-state index contributed by atoms with van der Waals surface area (Å²) in [6, 6.07) is 5.05. The quantitative estimate of drug-likeness (QED) is 0.267. The zero-order valence-corrected chi connectivity index (χ0v) is 26.0. The zero-order chi connectivity index (χ0) is 34.1. The van der Waals surface area contributed by atoms with Gasteiger partial charge >= 0.3 is 11.9 Å². The van der Waals surface area contributed by atoms with Gasteiger partial charge in [0.15, 0.2) is 0 Å². The summed E-state index contributed by atoms with van der Waals surface area (Å²) in [6.07, 6.45) is 1.90. The van der Waals surface area contributed by atoms with E-state index in [1.54, 1.807) is 10.6 Å². The van der Waals surface area contributed by atoms with Crippen LogP contribution in [0.3, 0.4) is 0 Å². The summed E-state index contributed by atoms with van der Waals surface area (Å²) in [7, 11) is 0. The third kappa shape index (κ3) is 5.56. The first kappa shape index (κ1) is 32.3. The number of fused-ring (bicyclic) bond motifs is 2. The maximum Gasteiger partial charge on any atom is 0.341 e. The van der Waals surface area contributed by atoms with Gasteiger partial charge in [-0.25, -0.2) is 22.8 Å². The Morgan fingerprint density at radius 2 is 1.30 bits per heavy atom. The summed E-state index contributed by atoms with van der Waals surface area (Å²) in [5.41, 5.74) is 7.26. The number of rotatable bonds is 6. The zero-order valence-electron chi connectivity index (χ0n) is 26.0. The number of aromatic nitrogens is 2. The summed E-state index contributed by atoms with van der Waals surface area (Å²) in [6.45, 7) is 7.10. The SMILES string of the molecule is CC[C@H]1CN(c2ccc3c(=O)c(C(=O)O)cn([C@@H]4C[C@@H]4F)c3c2C)C[C@H]1N.Cc1c(F)ccc2c(=O)c(C(=O)O)cn([C@@H]3C[C@@H]3F)c12. The van der Waals surface area contributed by atoms with Crippen LogP contribution in [0, 0.1) is 25.6 Å². The molecular weight excluding hydrogens is 617 g/mol. The van der Waals surface area contributed by atoms with Gasteiger partial charge in [-0.05, 0) is 49.6 Å². The highest BCUT2D eigenvalue weighted by molar-refractivity contribution is 5.95.